The third-order valence-electron chi connectivity index (χ3n) is 3.04. The second kappa shape index (κ2) is 5.41. The SMILES string of the molecule is CCC(C)CCC([NH3+])(F)C(F)(F)C(F)(F)C(F)(F)F. The van der Waals surface area contributed by atoms with Crippen molar-refractivity contribution >= 4 is 0 Å². The predicted molar refractivity (Wildman–Crippen MR) is 51.4 cm³/mol. The lowest BCUT2D eigenvalue weighted by atomic mass is 9.92. The number of halogens is 8. The Morgan fingerprint density at radius 1 is 0.895 bits per heavy atom. The van der Waals surface area contributed by atoms with Gasteiger partial charge in [-0.15, -0.1) is 0 Å². The summed E-state index contributed by atoms with van der Waals surface area (Å²) in [5, 5.41) is 0. The molecule has 0 saturated heterocycles. The number of hydrogen-bond donors (Lipinski definition) is 1. The van der Waals surface area contributed by atoms with Crippen LogP contribution in [0.3, 0.4) is 0 Å². The van der Waals surface area contributed by atoms with Crippen LogP contribution >= 0.6 is 0 Å². The summed E-state index contributed by atoms with van der Waals surface area (Å²) in [6.45, 7) is 3.19. The lowest BCUT2D eigenvalue weighted by Crippen LogP contribution is -2.82. The maximum atomic E-state index is 13.5. The Hall–Kier alpha value is -0.600. The van der Waals surface area contributed by atoms with Crippen LogP contribution in [0.1, 0.15) is 33.1 Å². The predicted octanol–water partition coefficient (Wildman–Crippen LogP) is 3.55. The molecule has 0 amide bonds. The van der Waals surface area contributed by atoms with Crippen LogP contribution in [0.4, 0.5) is 35.1 Å². The van der Waals surface area contributed by atoms with Gasteiger partial charge in [-0.3, -0.25) is 0 Å². The summed E-state index contributed by atoms with van der Waals surface area (Å²) < 4.78 is 101. The van der Waals surface area contributed by atoms with Crippen LogP contribution in [-0.4, -0.2) is 23.8 Å². The average Bonchev–Trinajstić information content (AvgIpc) is 2.23. The van der Waals surface area contributed by atoms with E-state index in [-0.39, 0.29) is 12.3 Å². The zero-order chi connectivity index (χ0) is 15.7. The lowest BCUT2D eigenvalue weighted by molar-refractivity contribution is -0.590. The molecule has 0 aliphatic carbocycles. The molecule has 0 spiro atoms. The minimum atomic E-state index is -6.54. The van der Waals surface area contributed by atoms with Gasteiger partial charge in [-0.1, -0.05) is 20.3 Å². The summed E-state index contributed by atoms with van der Waals surface area (Å²) in [6, 6.07) is 0. The first-order valence-corrected chi connectivity index (χ1v) is 5.57. The Bertz CT molecular complexity index is 296. The summed E-state index contributed by atoms with van der Waals surface area (Å²) in [5.74, 6) is -16.9. The Morgan fingerprint density at radius 2 is 1.32 bits per heavy atom. The van der Waals surface area contributed by atoms with E-state index in [1.807, 2.05) is 0 Å². The van der Waals surface area contributed by atoms with Crippen molar-refractivity contribution in [1.82, 2.24) is 0 Å². The van der Waals surface area contributed by atoms with E-state index in [0.717, 1.165) is 0 Å². The molecule has 0 saturated carbocycles. The summed E-state index contributed by atoms with van der Waals surface area (Å²) in [6.07, 6.45) is -7.53. The molecule has 116 valence electrons. The largest absolute Gasteiger partial charge is 0.460 e. The molecule has 0 aliphatic heterocycles. The van der Waals surface area contributed by atoms with E-state index < -0.39 is 30.2 Å². The monoisotopic (exact) mass is 302 g/mol. The fraction of sp³-hybridized carbons (Fsp3) is 1.00. The minimum Gasteiger partial charge on any atom is -0.321 e. The molecule has 0 aromatic heterocycles. The van der Waals surface area contributed by atoms with Crippen LogP contribution in [0.2, 0.25) is 0 Å². The molecular formula is C10H16F8N+. The van der Waals surface area contributed by atoms with Crippen LogP contribution in [0.5, 0.6) is 0 Å². The Kier molecular flexibility index (Phi) is 5.24. The molecule has 3 N–H and O–H groups in total. The van der Waals surface area contributed by atoms with E-state index in [1.54, 1.807) is 6.92 Å². The zero-order valence-electron chi connectivity index (χ0n) is 10.4. The normalized spacial score (nSPS) is 19.1. The molecule has 1 nitrogen and oxygen atoms in total. The van der Waals surface area contributed by atoms with Gasteiger partial charge < -0.3 is 5.73 Å². The van der Waals surface area contributed by atoms with E-state index in [0.29, 0.717) is 6.42 Å². The average molecular weight is 302 g/mol. The van der Waals surface area contributed by atoms with Crippen LogP contribution < -0.4 is 5.73 Å². The van der Waals surface area contributed by atoms with Gasteiger partial charge in [0.1, 0.15) is 0 Å². The molecule has 0 aromatic rings. The first kappa shape index (κ1) is 18.4. The third-order valence-corrected chi connectivity index (χ3v) is 3.04. The second-order valence-electron chi connectivity index (χ2n) is 4.66. The van der Waals surface area contributed by atoms with Gasteiger partial charge >= 0.3 is 23.8 Å². The maximum Gasteiger partial charge on any atom is 0.460 e. The van der Waals surface area contributed by atoms with Crippen LogP contribution in [0, 0.1) is 5.92 Å². The summed E-state index contributed by atoms with van der Waals surface area (Å²) in [5.41, 5.74) is 2.23. The summed E-state index contributed by atoms with van der Waals surface area (Å²) >= 11 is 0. The Labute approximate surface area is 105 Å². The molecule has 2 unspecified atom stereocenters. The van der Waals surface area contributed by atoms with E-state index in [4.69, 9.17) is 0 Å². The second-order valence-corrected chi connectivity index (χ2v) is 4.66. The number of alkyl halides is 8. The highest BCUT2D eigenvalue weighted by atomic mass is 19.4. The van der Waals surface area contributed by atoms with Gasteiger partial charge in [0, 0.05) is 6.42 Å². The molecular weight excluding hydrogens is 286 g/mol. The van der Waals surface area contributed by atoms with Gasteiger partial charge in [0.15, 0.2) is 0 Å². The fourth-order valence-electron chi connectivity index (χ4n) is 1.30. The van der Waals surface area contributed by atoms with Crippen molar-refractivity contribution in [3.05, 3.63) is 0 Å². The smallest absolute Gasteiger partial charge is 0.321 e. The van der Waals surface area contributed by atoms with Gasteiger partial charge in [-0.25, -0.2) is 0 Å². The highest BCUT2D eigenvalue weighted by molar-refractivity contribution is 4.99. The standard InChI is InChI=1S/C10H15F8N/c1-3-6(2)4-5-7(11,19)8(12,13)9(14,15)10(16,17)18/h6H,3-5,19H2,1-2H3/p+1. The summed E-state index contributed by atoms with van der Waals surface area (Å²) in [7, 11) is 0. The van der Waals surface area contributed by atoms with E-state index >= 15 is 0 Å². The van der Waals surface area contributed by atoms with Gasteiger partial charge in [-0.2, -0.15) is 35.1 Å². The molecule has 19 heavy (non-hydrogen) atoms. The molecule has 0 rings (SSSR count). The molecule has 9 heteroatoms. The zero-order valence-corrected chi connectivity index (χ0v) is 10.4. The first-order chi connectivity index (χ1) is 8.20. The first-order valence-electron chi connectivity index (χ1n) is 5.57. The number of hydrogen-bond acceptors (Lipinski definition) is 0. The van der Waals surface area contributed by atoms with E-state index in [9.17, 15) is 35.1 Å². The van der Waals surface area contributed by atoms with Crippen molar-refractivity contribution in [2.24, 2.45) is 5.92 Å². The highest BCUT2D eigenvalue weighted by Gasteiger charge is 2.81. The van der Waals surface area contributed by atoms with Crippen molar-refractivity contribution in [2.75, 3.05) is 0 Å². The summed E-state index contributed by atoms with van der Waals surface area (Å²) in [4.78, 5) is 0. The van der Waals surface area contributed by atoms with Crippen LogP contribution in [-0.2, 0) is 0 Å². The molecule has 0 fully saturated rings. The van der Waals surface area contributed by atoms with Crippen LogP contribution in [0.15, 0.2) is 0 Å². The molecule has 2 atom stereocenters. The third kappa shape index (κ3) is 3.49. The molecule has 0 aromatic carbocycles. The molecule has 0 bridgehead atoms. The van der Waals surface area contributed by atoms with Crippen molar-refractivity contribution in [2.45, 2.75) is 56.9 Å². The fourth-order valence-corrected chi connectivity index (χ4v) is 1.30. The van der Waals surface area contributed by atoms with Gasteiger partial charge in [0.05, 0.1) is 0 Å². The van der Waals surface area contributed by atoms with Crippen molar-refractivity contribution in [3.8, 4) is 0 Å². The van der Waals surface area contributed by atoms with E-state index in [1.165, 1.54) is 6.92 Å². The van der Waals surface area contributed by atoms with Gasteiger partial charge in [0.25, 0.3) is 0 Å². The maximum absolute atomic E-state index is 13.5. The molecule has 0 radical (unpaired) electrons. The van der Waals surface area contributed by atoms with Crippen LogP contribution in [0.25, 0.3) is 0 Å². The van der Waals surface area contributed by atoms with Gasteiger partial charge in [-0.05, 0) is 12.3 Å². The molecule has 0 aliphatic rings. The van der Waals surface area contributed by atoms with Crippen molar-refractivity contribution < 1.29 is 40.9 Å². The quantitative estimate of drug-likeness (QED) is 0.574. The molecule has 0 heterocycles. The topological polar surface area (TPSA) is 27.6 Å². The number of quaternary nitrogens is 1. The van der Waals surface area contributed by atoms with Gasteiger partial charge in [0.2, 0.25) is 0 Å². The Balaban J connectivity index is 5.17. The Morgan fingerprint density at radius 3 is 1.63 bits per heavy atom. The lowest BCUT2D eigenvalue weighted by Gasteiger charge is -2.33. The highest BCUT2D eigenvalue weighted by Crippen LogP contribution is 2.51. The number of rotatable bonds is 6. The van der Waals surface area contributed by atoms with Crippen molar-refractivity contribution in [3.63, 3.8) is 0 Å². The van der Waals surface area contributed by atoms with Crippen molar-refractivity contribution in [1.29, 1.82) is 0 Å². The van der Waals surface area contributed by atoms with E-state index in [2.05, 4.69) is 5.73 Å². The minimum absolute atomic E-state index is 0.264.